The number of hydrogen-bond donors (Lipinski definition) is 1. The van der Waals surface area contributed by atoms with E-state index < -0.39 is 0 Å². The minimum Gasteiger partial charge on any atom is -0.313 e. The number of aryl methyl sites for hydroxylation is 1. The molecule has 0 amide bonds. The summed E-state index contributed by atoms with van der Waals surface area (Å²) in [5.74, 6) is 0.667. The molecule has 182 valence electrons. The molecule has 0 aliphatic heterocycles. The Morgan fingerprint density at radius 1 is 1.26 bits per heavy atom. The maximum atomic E-state index is 13.5. The Morgan fingerprint density at radius 2 is 2.11 bits per heavy atom. The van der Waals surface area contributed by atoms with Crippen LogP contribution >= 0.6 is 11.3 Å². The number of fused-ring (bicyclic) bond motifs is 4. The van der Waals surface area contributed by atoms with Gasteiger partial charge in [0.05, 0.1) is 18.3 Å². The number of benzene rings is 2. The van der Waals surface area contributed by atoms with Crippen LogP contribution in [0.4, 0.5) is 0 Å². The highest BCUT2D eigenvalue weighted by Crippen LogP contribution is 2.34. The van der Waals surface area contributed by atoms with Crippen LogP contribution in [-0.4, -0.2) is 22.1 Å². The summed E-state index contributed by atoms with van der Waals surface area (Å²) in [5, 5.41) is 7.09. The second kappa shape index (κ2) is 10.9. The van der Waals surface area contributed by atoms with E-state index in [-0.39, 0.29) is 5.56 Å². The molecule has 2 unspecified atom stereocenters. The molecule has 2 aromatic carbocycles. The zero-order chi connectivity index (χ0) is 24.2. The molecule has 0 bridgehead atoms. The second-order valence-corrected chi connectivity index (χ2v) is 11.0. The average Bonchev–Trinajstić information content (AvgIpc) is 3.26. The van der Waals surface area contributed by atoms with Crippen LogP contribution in [0.5, 0.6) is 0 Å². The number of allylic oxidation sites excluding steroid dienone is 1. The molecule has 0 radical (unpaired) electrons. The normalized spacial score (nSPS) is 16.4. The number of unbranched alkanes of at least 4 members (excludes halogenated alkanes) is 1. The molecule has 2 aromatic heterocycles. The maximum absolute atomic E-state index is 13.5. The number of nitrogens with zero attached hydrogens (tertiary/aromatic N) is 2. The molecule has 1 aliphatic rings. The molecule has 0 fully saturated rings. The molecule has 0 saturated carbocycles. The lowest BCUT2D eigenvalue weighted by atomic mass is 9.92. The summed E-state index contributed by atoms with van der Waals surface area (Å²) in [7, 11) is 0. The number of rotatable bonds is 10. The van der Waals surface area contributed by atoms with Crippen molar-refractivity contribution < 1.29 is 0 Å². The molecule has 1 N–H and O–H groups in total. The summed E-state index contributed by atoms with van der Waals surface area (Å²) in [6.07, 6.45) is 11.7. The largest absolute Gasteiger partial charge is 0.313 e. The molecular formula is C30H35N3OS. The summed E-state index contributed by atoms with van der Waals surface area (Å²) >= 11 is 1.71. The van der Waals surface area contributed by atoms with Gasteiger partial charge in [-0.1, -0.05) is 62.2 Å². The van der Waals surface area contributed by atoms with Gasteiger partial charge in [0, 0.05) is 10.9 Å². The van der Waals surface area contributed by atoms with Crippen molar-refractivity contribution in [3.8, 4) is 0 Å². The predicted molar refractivity (Wildman–Crippen MR) is 149 cm³/mol. The van der Waals surface area contributed by atoms with E-state index >= 15 is 0 Å². The van der Waals surface area contributed by atoms with E-state index in [4.69, 9.17) is 4.98 Å². The molecule has 1 aliphatic carbocycles. The fraction of sp³-hybridized carbons (Fsp3) is 0.400. The zero-order valence-corrected chi connectivity index (χ0v) is 21.4. The lowest BCUT2D eigenvalue weighted by Crippen LogP contribution is -2.37. The van der Waals surface area contributed by atoms with Crippen LogP contribution in [-0.2, 0) is 19.4 Å². The summed E-state index contributed by atoms with van der Waals surface area (Å²) < 4.78 is 1.78. The van der Waals surface area contributed by atoms with E-state index in [2.05, 4.69) is 67.4 Å². The first kappa shape index (κ1) is 24.0. The lowest BCUT2D eigenvalue weighted by molar-refractivity contribution is 0.381. The number of thiophene rings is 1. The molecule has 5 rings (SSSR count). The van der Waals surface area contributed by atoms with Gasteiger partial charge in [0.2, 0.25) is 0 Å². The van der Waals surface area contributed by atoms with E-state index in [1.807, 2.05) is 0 Å². The number of aromatic nitrogens is 2. The Kier molecular flexibility index (Phi) is 7.45. The van der Waals surface area contributed by atoms with Gasteiger partial charge in [0.25, 0.3) is 5.56 Å². The van der Waals surface area contributed by atoms with Crippen molar-refractivity contribution in [3.05, 3.63) is 87.8 Å². The third kappa shape index (κ3) is 5.26. The Labute approximate surface area is 211 Å². The fourth-order valence-electron chi connectivity index (χ4n) is 5.39. The van der Waals surface area contributed by atoms with Crippen molar-refractivity contribution in [2.45, 2.75) is 64.5 Å². The summed E-state index contributed by atoms with van der Waals surface area (Å²) in [6, 6.07) is 15.2. The monoisotopic (exact) mass is 485 g/mol. The summed E-state index contributed by atoms with van der Waals surface area (Å²) in [5.41, 5.74) is 2.46. The molecule has 4 nitrogen and oxygen atoms in total. The molecule has 0 spiro atoms. The van der Waals surface area contributed by atoms with Crippen molar-refractivity contribution in [1.29, 1.82) is 0 Å². The SMILES string of the molecule is C=CCC(CCCC)CNC1CCc2c(sc3ncn(Cc4ccc5ccccc5c4)c(=O)c23)C1. The molecule has 2 atom stereocenters. The van der Waals surface area contributed by atoms with E-state index in [0.717, 1.165) is 48.0 Å². The van der Waals surface area contributed by atoms with E-state index in [9.17, 15) is 4.79 Å². The van der Waals surface area contributed by atoms with Gasteiger partial charge >= 0.3 is 0 Å². The van der Waals surface area contributed by atoms with Crippen LogP contribution < -0.4 is 10.9 Å². The van der Waals surface area contributed by atoms with Crippen LogP contribution in [0.25, 0.3) is 21.0 Å². The highest BCUT2D eigenvalue weighted by Gasteiger charge is 2.25. The van der Waals surface area contributed by atoms with Gasteiger partial charge in [-0.3, -0.25) is 9.36 Å². The first-order chi connectivity index (χ1) is 17.2. The van der Waals surface area contributed by atoms with Gasteiger partial charge < -0.3 is 5.32 Å². The third-order valence-corrected chi connectivity index (χ3v) is 8.53. The Morgan fingerprint density at radius 3 is 2.94 bits per heavy atom. The summed E-state index contributed by atoms with van der Waals surface area (Å²) in [4.78, 5) is 20.4. The standard InChI is InChI=1S/C30H35N3OS/c1-3-5-9-21(8-4-2)18-31-25-14-15-26-27(17-25)35-29-28(26)30(34)33(20-32-29)19-22-12-13-23-10-6-7-11-24(23)16-22/h4,6-7,10-13,16,20-21,25,31H,2-3,5,8-9,14-15,17-19H2,1H3. The minimum absolute atomic E-state index is 0.0951. The first-order valence-corrected chi connectivity index (χ1v) is 13.8. The van der Waals surface area contributed by atoms with Crippen LogP contribution in [0.3, 0.4) is 0 Å². The Hall–Kier alpha value is -2.76. The molecule has 35 heavy (non-hydrogen) atoms. The maximum Gasteiger partial charge on any atom is 0.262 e. The molecular weight excluding hydrogens is 450 g/mol. The molecule has 5 heteroatoms. The highest BCUT2D eigenvalue weighted by molar-refractivity contribution is 7.18. The quantitative estimate of drug-likeness (QED) is 0.261. The predicted octanol–water partition coefficient (Wildman–Crippen LogP) is 6.49. The minimum atomic E-state index is 0.0951. The van der Waals surface area contributed by atoms with Gasteiger partial charge in [-0.2, -0.15) is 0 Å². The van der Waals surface area contributed by atoms with Crippen LogP contribution in [0.1, 0.15) is 55.0 Å². The van der Waals surface area contributed by atoms with Crippen molar-refractivity contribution in [1.82, 2.24) is 14.9 Å². The summed E-state index contributed by atoms with van der Waals surface area (Å²) in [6.45, 7) is 7.80. The number of nitrogens with one attached hydrogen (secondary N) is 1. The lowest BCUT2D eigenvalue weighted by Gasteiger charge is -2.26. The van der Waals surface area contributed by atoms with Crippen molar-refractivity contribution >= 4 is 32.3 Å². The van der Waals surface area contributed by atoms with Crippen molar-refractivity contribution in [2.24, 2.45) is 5.92 Å². The zero-order valence-electron chi connectivity index (χ0n) is 20.6. The molecule has 4 aromatic rings. The second-order valence-electron chi connectivity index (χ2n) is 9.92. The van der Waals surface area contributed by atoms with E-state index in [1.165, 1.54) is 40.5 Å². The number of hydrogen-bond acceptors (Lipinski definition) is 4. The smallest absolute Gasteiger partial charge is 0.262 e. The van der Waals surface area contributed by atoms with Crippen molar-refractivity contribution in [2.75, 3.05) is 6.54 Å². The Balaban J connectivity index is 1.32. The Bertz CT molecular complexity index is 1390. The van der Waals surface area contributed by atoms with Gasteiger partial charge in [-0.05, 0) is 72.5 Å². The van der Waals surface area contributed by atoms with E-state index in [1.54, 1.807) is 22.2 Å². The van der Waals surface area contributed by atoms with Crippen LogP contribution in [0, 0.1) is 5.92 Å². The van der Waals surface area contributed by atoms with Crippen LogP contribution in [0.15, 0.2) is 66.2 Å². The third-order valence-electron chi connectivity index (χ3n) is 7.36. The average molecular weight is 486 g/mol. The van der Waals surface area contributed by atoms with Crippen molar-refractivity contribution in [3.63, 3.8) is 0 Å². The molecule has 2 heterocycles. The van der Waals surface area contributed by atoms with Gasteiger partial charge in [-0.15, -0.1) is 17.9 Å². The highest BCUT2D eigenvalue weighted by atomic mass is 32.1. The topological polar surface area (TPSA) is 46.9 Å². The van der Waals surface area contributed by atoms with Gasteiger partial charge in [0.15, 0.2) is 0 Å². The molecule has 0 saturated heterocycles. The van der Waals surface area contributed by atoms with E-state index in [0.29, 0.717) is 18.5 Å². The van der Waals surface area contributed by atoms with Gasteiger partial charge in [-0.25, -0.2) is 4.98 Å². The van der Waals surface area contributed by atoms with Gasteiger partial charge in [0.1, 0.15) is 4.83 Å². The first-order valence-electron chi connectivity index (χ1n) is 13.0. The fourth-order valence-corrected chi connectivity index (χ4v) is 6.64. The van der Waals surface area contributed by atoms with Crippen LogP contribution in [0.2, 0.25) is 0 Å².